The van der Waals surface area contributed by atoms with Crippen molar-refractivity contribution in [1.29, 1.82) is 0 Å². The van der Waals surface area contributed by atoms with Gasteiger partial charge < -0.3 is 10.8 Å². The Balaban J connectivity index is 2.13. The zero-order chi connectivity index (χ0) is 9.76. The molecule has 1 fully saturated rings. The number of rotatable bonds is 0. The van der Waals surface area contributed by atoms with Crippen molar-refractivity contribution in [2.75, 3.05) is 0 Å². The highest BCUT2D eigenvalue weighted by Gasteiger charge is 2.48. The fraction of sp³-hybridized carbons (Fsp3) is 0.500. The van der Waals surface area contributed by atoms with E-state index in [1.54, 1.807) is 6.07 Å². The Labute approximate surface area is 83.7 Å². The molecule has 1 aromatic carbocycles. The lowest BCUT2D eigenvalue weighted by molar-refractivity contribution is 0.213. The minimum atomic E-state index is 0.267. The molecule has 1 unspecified atom stereocenters. The smallest absolute Gasteiger partial charge is 0.115 e. The second-order valence-corrected chi connectivity index (χ2v) is 4.66. The summed E-state index contributed by atoms with van der Waals surface area (Å²) in [6.07, 6.45) is 4.69. The second-order valence-electron chi connectivity index (χ2n) is 4.66. The Morgan fingerprint density at radius 1 is 1.36 bits per heavy atom. The molecular weight excluding hydrogens is 174 g/mol. The first-order valence-electron chi connectivity index (χ1n) is 5.30. The zero-order valence-electron chi connectivity index (χ0n) is 8.16. The minimum absolute atomic E-state index is 0.267. The maximum Gasteiger partial charge on any atom is 0.115 e. The first-order chi connectivity index (χ1) is 6.72. The van der Waals surface area contributed by atoms with E-state index in [0.717, 1.165) is 6.42 Å². The molecule has 0 heterocycles. The number of phenols is 1. The van der Waals surface area contributed by atoms with Gasteiger partial charge in [0.05, 0.1) is 0 Å². The van der Waals surface area contributed by atoms with E-state index in [0.29, 0.717) is 5.75 Å². The molecule has 1 spiro atoms. The fourth-order valence-corrected chi connectivity index (χ4v) is 3.06. The van der Waals surface area contributed by atoms with Crippen LogP contribution in [0.1, 0.15) is 30.4 Å². The first kappa shape index (κ1) is 8.30. The molecule has 0 aliphatic heterocycles. The molecule has 1 aromatic rings. The lowest BCUT2D eigenvalue weighted by Gasteiger charge is -2.43. The Bertz CT molecular complexity index is 382. The van der Waals surface area contributed by atoms with Crippen molar-refractivity contribution >= 4 is 0 Å². The summed E-state index contributed by atoms with van der Waals surface area (Å²) in [5, 5.41) is 9.40. The van der Waals surface area contributed by atoms with Crippen molar-refractivity contribution < 1.29 is 5.11 Å². The molecule has 2 aliphatic carbocycles. The van der Waals surface area contributed by atoms with Crippen molar-refractivity contribution in [3.8, 4) is 5.75 Å². The van der Waals surface area contributed by atoms with E-state index < -0.39 is 0 Å². The highest BCUT2D eigenvalue weighted by molar-refractivity contribution is 5.47. The lowest BCUT2D eigenvalue weighted by Crippen LogP contribution is -2.47. The summed E-state index contributed by atoms with van der Waals surface area (Å²) in [5.41, 5.74) is 9.12. The van der Waals surface area contributed by atoms with Gasteiger partial charge in [-0.25, -0.2) is 0 Å². The van der Waals surface area contributed by atoms with Gasteiger partial charge in [0.25, 0.3) is 0 Å². The molecule has 3 N–H and O–H groups in total. The van der Waals surface area contributed by atoms with Gasteiger partial charge in [0.2, 0.25) is 0 Å². The van der Waals surface area contributed by atoms with Gasteiger partial charge in [0, 0.05) is 11.5 Å². The number of phenolic OH excluding ortho intramolecular Hbond substituents is 1. The van der Waals surface area contributed by atoms with Crippen molar-refractivity contribution in [2.45, 2.75) is 37.1 Å². The molecule has 0 bridgehead atoms. The van der Waals surface area contributed by atoms with Gasteiger partial charge >= 0.3 is 0 Å². The van der Waals surface area contributed by atoms with E-state index in [1.165, 1.54) is 30.4 Å². The van der Waals surface area contributed by atoms with E-state index in [4.69, 9.17) is 5.73 Å². The van der Waals surface area contributed by atoms with Crippen LogP contribution in [0.2, 0.25) is 0 Å². The summed E-state index contributed by atoms with van der Waals surface area (Å²) in [6, 6.07) is 6.00. The zero-order valence-corrected chi connectivity index (χ0v) is 8.16. The predicted molar refractivity (Wildman–Crippen MR) is 55.3 cm³/mol. The van der Waals surface area contributed by atoms with Crippen LogP contribution >= 0.6 is 0 Å². The van der Waals surface area contributed by atoms with Gasteiger partial charge in [-0.15, -0.1) is 0 Å². The van der Waals surface area contributed by atoms with Crippen LogP contribution in [0.4, 0.5) is 0 Å². The van der Waals surface area contributed by atoms with Crippen molar-refractivity contribution in [2.24, 2.45) is 5.73 Å². The maximum atomic E-state index is 9.40. The predicted octanol–water partition coefficient (Wildman–Crippen LogP) is 1.70. The van der Waals surface area contributed by atoms with Gasteiger partial charge in [-0.3, -0.25) is 0 Å². The Morgan fingerprint density at radius 3 is 2.79 bits per heavy atom. The van der Waals surface area contributed by atoms with Crippen LogP contribution in [0.5, 0.6) is 5.75 Å². The fourth-order valence-electron chi connectivity index (χ4n) is 3.06. The molecule has 1 atom stereocenters. The van der Waals surface area contributed by atoms with Crippen LogP contribution in [0, 0.1) is 0 Å². The van der Waals surface area contributed by atoms with E-state index in [2.05, 4.69) is 6.07 Å². The summed E-state index contributed by atoms with van der Waals surface area (Å²) in [6.45, 7) is 0. The summed E-state index contributed by atoms with van der Waals surface area (Å²) >= 11 is 0. The van der Waals surface area contributed by atoms with E-state index in [-0.39, 0.29) is 11.5 Å². The Hall–Kier alpha value is -1.02. The molecule has 0 aromatic heterocycles. The molecule has 0 saturated heterocycles. The molecule has 3 rings (SSSR count). The first-order valence-corrected chi connectivity index (χ1v) is 5.30. The summed E-state index contributed by atoms with van der Waals surface area (Å²) in [5.74, 6) is 0.368. The Morgan fingerprint density at radius 2 is 2.14 bits per heavy atom. The summed E-state index contributed by atoms with van der Waals surface area (Å²) in [7, 11) is 0. The lowest BCUT2D eigenvalue weighted by atomic mass is 9.63. The molecular formula is C12H15NO. The monoisotopic (exact) mass is 189 g/mol. The molecule has 2 heteroatoms. The number of fused-ring (bicyclic) bond motifs is 2. The quantitative estimate of drug-likeness (QED) is 0.652. The molecule has 2 nitrogen and oxygen atoms in total. The van der Waals surface area contributed by atoms with Gasteiger partial charge in [-0.05, 0) is 42.5 Å². The third-order valence-electron chi connectivity index (χ3n) is 4.02. The van der Waals surface area contributed by atoms with Gasteiger partial charge in [0.15, 0.2) is 0 Å². The molecule has 14 heavy (non-hydrogen) atoms. The number of aromatic hydroxyl groups is 1. The number of hydrogen-bond acceptors (Lipinski definition) is 2. The van der Waals surface area contributed by atoms with Crippen LogP contribution in [0.25, 0.3) is 0 Å². The third-order valence-corrected chi connectivity index (χ3v) is 4.02. The third kappa shape index (κ3) is 0.845. The highest BCUT2D eigenvalue weighted by Crippen LogP contribution is 2.52. The number of hydrogen-bond donors (Lipinski definition) is 2. The van der Waals surface area contributed by atoms with Gasteiger partial charge in [-0.2, -0.15) is 0 Å². The topological polar surface area (TPSA) is 46.2 Å². The normalized spacial score (nSPS) is 27.4. The largest absolute Gasteiger partial charge is 0.508 e. The van der Waals surface area contributed by atoms with Crippen molar-refractivity contribution in [3.63, 3.8) is 0 Å². The van der Waals surface area contributed by atoms with Crippen molar-refractivity contribution in [3.05, 3.63) is 29.3 Å². The molecule has 0 amide bonds. The SMILES string of the molecule is NC1Cc2cc(O)ccc2C12CCC2. The van der Waals surface area contributed by atoms with Gasteiger partial charge in [0.1, 0.15) is 5.75 Å². The second kappa shape index (κ2) is 2.51. The van der Waals surface area contributed by atoms with Crippen LogP contribution in [-0.2, 0) is 11.8 Å². The molecule has 1 saturated carbocycles. The van der Waals surface area contributed by atoms with Crippen LogP contribution < -0.4 is 5.73 Å². The number of benzene rings is 1. The maximum absolute atomic E-state index is 9.40. The highest BCUT2D eigenvalue weighted by atomic mass is 16.3. The molecule has 2 aliphatic rings. The number of nitrogens with two attached hydrogens (primary N) is 1. The van der Waals surface area contributed by atoms with Crippen LogP contribution in [-0.4, -0.2) is 11.1 Å². The van der Waals surface area contributed by atoms with Crippen molar-refractivity contribution in [1.82, 2.24) is 0 Å². The standard InChI is InChI=1S/C12H15NO/c13-11-7-8-6-9(14)2-3-10(8)12(11)4-1-5-12/h2-3,6,11,14H,1,4-5,7,13H2. The van der Waals surface area contributed by atoms with E-state index in [9.17, 15) is 5.11 Å². The average Bonchev–Trinajstić information content (AvgIpc) is 2.34. The van der Waals surface area contributed by atoms with Crippen LogP contribution in [0.15, 0.2) is 18.2 Å². The van der Waals surface area contributed by atoms with E-state index in [1.807, 2.05) is 6.07 Å². The summed E-state index contributed by atoms with van der Waals surface area (Å²) < 4.78 is 0. The molecule has 0 radical (unpaired) electrons. The van der Waals surface area contributed by atoms with E-state index >= 15 is 0 Å². The summed E-state index contributed by atoms with van der Waals surface area (Å²) in [4.78, 5) is 0. The average molecular weight is 189 g/mol. The van der Waals surface area contributed by atoms with Gasteiger partial charge in [-0.1, -0.05) is 12.5 Å². The Kier molecular flexibility index (Phi) is 1.49. The van der Waals surface area contributed by atoms with Crippen LogP contribution in [0.3, 0.4) is 0 Å². The minimum Gasteiger partial charge on any atom is -0.508 e. The molecule has 74 valence electrons.